The fourth-order valence-electron chi connectivity index (χ4n) is 1.84. The molecule has 0 unspecified atom stereocenters. The summed E-state index contributed by atoms with van der Waals surface area (Å²) in [7, 11) is 3.35. The summed E-state index contributed by atoms with van der Waals surface area (Å²) in [6.07, 6.45) is 3.39. The Morgan fingerprint density at radius 2 is 2.21 bits per heavy atom. The molecule has 0 aromatic carbocycles. The highest BCUT2D eigenvalue weighted by Crippen LogP contribution is 2.27. The maximum atomic E-state index is 5.13. The van der Waals surface area contributed by atoms with Gasteiger partial charge in [0.25, 0.3) is 0 Å². The van der Waals surface area contributed by atoms with Crippen molar-refractivity contribution in [3.63, 3.8) is 0 Å². The van der Waals surface area contributed by atoms with Crippen molar-refractivity contribution in [3.05, 3.63) is 24.5 Å². The molecule has 7 heteroatoms. The molecule has 0 aliphatic rings. The van der Waals surface area contributed by atoms with E-state index in [-0.39, 0.29) is 0 Å². The van der Waals surface area contributed by atoms with Crippen molar-refractivity contribution in [2.24, 2.45) is 0 Å². The second-order valence-electron chi connectivity index (χ2n) is 3.86. The molecule has 0 amide bonds. The van der Waals surface area contributed by atoms with Crippen LogP contribution in [0.3, 0.4) is 0 Å². The number of aromatic nitrogens is 5. The van der Waals surface area contributed by atoms with E-state index in [4.69, 9.17) is 4.74 Å². The fraction of sp³-hybridized carbons (Fsp3) is 0.167. The summed E-state index contributed by atoms with van der Waals surface area (Å²) in [5.74, 6) is 1.07. The Bertz CT molecular complexity index is 723. The van der Waals surface area contributed by atoms with E-state index >= 15 is 0 Å². The van der Waals surface area contributed by atoms with E-state index in [0.29, 0.717) is 17.5 Å². The van der Waals surface area contributed by atoms with Crippen LogP contribution in [0.4, 0.5) is 5.95 Å². The van der Waals surface area contributed by atoms with E-state index in [1.807, 2.05) is 12.1 Å². The molecule has 2 N–H and O–H groups in total. The summed E-state index contributed by atoms with van der Waals surface area (Å²) < 4.78 is 5.13. The molecule has 7 nitrogen and oxygen atoms in total. The highest BCUT2D eigenvalue weighted by Gasteiger charge is 2.11. The number of hydrogen-bond donors (Lipinski definition) is 2. The molecule has 0 bridgehead atoms. The monoisotopic (exact) mass is 256 g/mol. The predicted octanol–water partition coefficient (Wildman–Crippen LogP) is 1.47. The van der Waals surface area contributed by atoms with Gasteiger partial charge in [-0.1, -0.05) is 0 Å². The van der Waals surface area contributed by atoms with Gasteiger partial charge in [0.15, 0.2) is 5.65 Å². The third-order valence-electron chi connectivity index (χ3n) is 2.75. The van der Waals surface area contributed by atoms with Crippen LogP contribution >= 0.6 is 0 Å². The van der Waals surface area contributed by atoms with Gasteiger partial charge < -0.3 is 10.1 Å². The Morgan fingerprint density at radius 3 is 3.00 bits per heavy atom. The minimum atomic E-state index is 0.530. The van der Waals surface area contributed by atoms with E-state index in [1.54, 1.807) is 26.6 Å². The first-order valence-electron chi connectivity index (χ1n) is 5.71. The minimum absolute atomic E-state index is 0.530. The Morgan fingerprint density at radius 1 is 1.32 bits per heavy atom. The van der Waals surface area contributed by atoms with Gasteiger partial charge in [0.1, 0.15) is 0 Å². The van der Waals surface area contributed by atoms with Crippen LogP contribution in [0.1, 0.15) is 0 Å². The topological polar surface area (TPSA) is 88.6 Å². The van der Waals surface area contributed by atoms with Crippen LogP contribution in [-0.4, -0.2) is 39.3 Å². The molecule has 3 aromatic rings. The molecule has 0 fully saturated rings. The summed E-state index contributed by atoms with van der Waals surface area (Å²) in [4.78, 5) is 12.9. The Kier molecular flexibility index (Phi) is 2.71. The second kappa shape index (κ2) is 4.52. The van der Waals surface area contributed by atoms with E-state index < -0.39 is 0 Å². The second-order valence-corrected chi connectivity index (χ2v) is 3.86. The van der Waals surface area contributed by atoms with E-state index in [0.717, 1.165) is 16.6 Å². The normalized spacial score (nSPS) is 10.6. The molecule has 0 saturated heterocycles. The van der Waals surface area contributed by atoms with E-state index in [1.165, 1.54) is 0 Å². The van der Waals surface area contributed by atoms with Crippen LogP contribution in [-0.2, 0) is 0 Å². The van der Waals surface area contributed by atoms with Crippen molar-refractivity contribution >= 4 is 17.0 Å². The van der Waals surface area contributed by atoms with Crippen molar-refractivity contribution in [2.75, 3.05) is 19.5 Å². The molecular formula is C12H12N6O. The van der Waals surface area contributed by atoms with Gasteiger partial charge in [-0.3, -0.25) is 5.10 Å². The van der Waals surface area contributed by atoms with Crippen molar-refractivity contribution in [2.45, 2.75) is 0 Å². The molecule has 96 valence electrons. The van der Waals surface area contributed by atoms with Gasteiger partial charge in [-0.25, -0.2) is 9.97 Å². The zero-order valence-corrected chi connectivity index (χ0v) is 10.5. The van der Waals surface area contributed by atoms with Crippen LogP contribution < -0.4 is 10.1 Å². The summed E-state index contributed by atoms with van der Waals surface area (Å²) in [6, 6.07) is 3.70. The van der Waals surface area contributed by atoms with Crippen molar-refractivity contribution in [3.8, 4) is 17.1 Å². The summed E-state index contributed by atoms with van der Waals surface area (Å²) in [5, 5.41) is 10.6. The number of methoxy groups -OCH3 is 1. The van der Waals surface area contributed by atoms with Crippen LogP contribution in [0, 0.1) is 0 Å². The number of H-pyrrole nitrogens is 1. The third-order valence-corrected chi connectivity index (χ3v) is 2.75. The lowest BCUT2D eigenvalue weighted by molar-refractivity contribution is 0.398. The van der Waals surface area contributed by atoms with E-state index in [9.17, 15) is 0 Å². The summed E-state index contributed by atoms with van der Waals surface area (Å²) in [5.41, 5.74) is 2.37. The quantitative estimate of drug-likeness (QED) is 0.737. The van der Waals surface area contributed by atoms with Crippen LogP contribution in [0.5, 0.6) is 5.88 Å². The zero-order chi connectivity index (χ0) is 13.2. The van der Waals surface area contributed by atoms with Gasteiger partial charge in [-0.15, -0.1) is 0 Å². The number of rotatable bonds is 3. The largest absolute Gasteiger partial charge is 0.481 e. The van der Waals surface area contributed by atoms with Crippen LogP contribution in [0.15, 0.2) is 24.5 Å². The zero-order valence-electron chi connectivity index (χ0n) is 10.5. The van der Waals surface area contributed by atoms with Gasteiger partial charge in [-0.2, -0.15) is 10.1 Å². The highest BCUT2D eigenvalue weighted by molar-refractivity contribution is 5.90. The van der Waals surface area contributed by atoms with Gasteiger partial charge >= 0.3 is 0 Å². The number of nitrogens with zero attached hydrogens (tertiary/aromatic N) is 4. The molecule has 0 atom stereocenters. The maximum Gasteiger partial charge on any atom is 0.225 e. The first-order valence-corrected chi connectivity index (χ1v) is 5.71. The lowest BCUT2D eigenvalue weighted by Gasteiger charge is -2.06. The smallest absolute Gasteiger partial charge is 0.225 e. The first kappa shape index (κ1) is 11.4. The third kappa shape index (κ3) is 1.95. The number of fused-ring (bicyclic) bond motifs is 1. The molecule has 3 aromatic heterocycles. The number of pyridine rings is 1. The molecule has 0 radical (unpaired) electrons. The standard InChI is InChI=1S/C12H12N6O/c1-13-12-16-10(8-6-15-18-11(8)17-12)7-3-4-14-9(5-7)19-2/h3-6H,1-2H3,(H2,13,15,16,17,18). The number of ether oxygens (including phenoxy) is 1. The Hall–Kier alpha value is -2.70. The molecular weight excluding hydrogens is 244 g/mol. The number of aromatic amines is 1. The van der Waals surface area contributed by atoms with Gasteiger partial charge in [0.2, 0.25) is 11.8 Å². The molecule has 0 spiro atoms. The van der Waals surface area contributed by atoms with E-state index in [2.05, 4.69) is 30.5 Å². The van der Waals surface area contributed by atoms with Crippen molar-refractivity contribution in [1.29, 1.82) is 0 Å². The average molecular weight is 256 g/mol. The maximum absolute atomic E-state index is 5.13. The lowest BCUT2D eigenvalue weighted by atomic mass is 10.1. The first-order chi connectivity index (χ1) is 9.31. The molecule has 0 saturated carbocycles. The van der Waals surface area contributed by atoms with Crippen LogP contribution in [0.2, 0.25) is 0 Å². The molecule has 0 aliphatic carbocycles. The Balaban J connectivity index is 2.24. The Labute approximate surface area is 109 Å². The molecule has 0 aliphatic heterocycles. The summed E-state index contributed by atoms with van der Waals surface area (Å²) in [6.45, 7) is 0. The average Bonchev–Trinajstić information content (AvgIpc) is 2.94. The highest BCUT2D eigenvalue weighted by atomic mass is 16.5. The SMILES string of the molecule is CNc1nc(-c2ccnc(OC)c2)c2cn[nH]c2n1. The number of hydrogen-bond acceptors (Lipinski definition) is 6. The minimum Gasteiger partial charge on any atom is -0.481 e. The predicted molar refractivity (Wildman–Crippen MR) is 71.0 cm³/mol. The van der Waals surface area contributed by atoms with Crippen LogP contribution in [0.25, 0.3) is 22.3 Å². The lowest BCUT2D eigenvalue weighted by Crippen LogP contribution is -1.99. The van der Waals surface area contributed by atoms with Crippen molar-refractivity contribution in [1.82, 2.24) is 25.1 Å². The van der Waals surface area contributed by atoms with Gasteiger partial charge in [0.05, 0.1) is 24.4 Å². The fourth-order valence-corrected chi connectivity index (χ4v) is 1.84. The number of nitrogens with one attached hydrogen (secondary N) is 2. The van der Waals surface area contributed by atoms with Gasteiger partial charge in [-0.05, 0) is 6.07 Å². The van der Waals surface area contributed by atoms with Gasteiger partial charge in [0, 0.05) is 24.9 Å². The van der Waals surface area contributed by atoms with Crippen molar-refractivity contribution < 1.29 is 4.74 Å². The molecule has 19 heavy (non-hydrogen) atoms. The molecule has 3 heterocycles. The number of anilines is 1. The molecule has 3 rings (SSSR count). The summed E-state index contributed by atoms with van der Waals surface area (Å²) >= 11 is 0.